The third-order valence-electron chi connectivity index (χ3n) is 3.48. The summed E-state index contributed by atoms with van der Waals surface area (Å²) in [7, 11) is 1.99. The zero-order chi connectivity index (χ0) is 13.9. The fourth-order valence-electron chi connectivity index (χ4n) is 2.45. The quantitative estimate of drug-likeness (QED) is 0.796. The molecule has 0 fully saturated rings. The number of fused-ring (bicyclic) bond motifs is 1. The first-order valence-electron chi connectivity index (χ1n) is 6.70. The molecule has 20 heavy (non-hydrogen) atoms. The first-order valence-corrected chi connectivity index (χ1v) is 7.52. The van der Waals surface area contributed by atoms with Gasteiger partial charge in [-0.15, -0.1) is 11.3 Å². The molecule has 4 heteroatoms. The molecular formula is C16H17N3S. The van der Waals surface area contributed by atoms with Crippen LogP contribution < -0.4 is 5.32 Å². The second-order valence-electron chi connectivity index (χ2n) is 4.85. The van der Waals surface area contributed by atoms with E-state index in [4.69, 9.17) is 0 Å². The smallest absolute Gasteiger partial charge is 0.127 e. The summed E-state index contributed by atoms with van der Waals surface area (Å²) in [6.45, 7) is 2.11. The zero-order valence-electron chi connectivity index (χ0n) is 11.6. The van der Waals surface area contributed by atoms with Gasteiger partial charge in [-0.05, 0) is 25.6 Å². The van der Waals surface area contributed by atoms with Crippen LogP contribution in [0.15, 0.2) is 42.7 Å². The van der Waals surface area contributed by atoms with Gasteiger partial charge in [-0.25, -0.2) is 9.97 Å². The number of nitrogens with one attached hydrogen (secondary N) is 1. The summed E-state index contributed by atoms with van der Waals surface area (Å²) in [5.41, 5.74) is 2.40. The SMILES string of the molecule is CNC(Cc1ncnc2sc(C)cc12)c1ccccc1. The van der Waals surface area contributed by atoms with Gasteiger partial charge >= 0.3 is 0 Å². The molecule has 2 aromatic heterocycles. The molecule has 0 saturated carbocycles. The van der Waals surface area contributed by atoms with E-state index >= 15 is 0 Å². The normalized spacial score (nSPS) is 12.7. The van der Waals surface area contributed by atoms with Crippen molar-refractivity contribution in [2.24, 2.45) is 0 Å². The first-order chi connectivity index (χ1) is 9.78. The van der Waals surface area contributed by atoms with Crippen molar-refractivity contribution < 1.29 is 0 Å². The van der Waals surface area contributed by atoms with Crippen LogP contribution in [0.5, 0.6) is 0 Å². The van der Waals surface area contributed by atoms with Gasteiger partial charge in [0.05, 0.1) is 5.69 Å². The van der Waals surface area contributed by atoms with E-state index in [2.05, 4.69) is 52.5 Å². The number of aromatic nitrogens is 2. The third-order valence-corrected chi connectivity index (χ3v) is 4.44. The van der Waals surface area contributed by atoms with Crippen LogP contribution in [0.1, 0.15) is 22.2 Å². The van der Waals surface area contributed by atoms with Crippen LogP contribution in [0, 0.1) is 6.92 Å². The number of aryl methyl sites for hydroxylation is 1. The molecule has 0 spiro atoms. The lowest BCUT2D eigenvalue weighted by Crippen LogP contribution is -2.19. The number of benzene rings is 1. The second-order valence-corrected chi connectivity index (χ2v) is 6.09. The maximum absolute atomic E-state index is 4.49. The molecule has 1 N–H and O–H groups in total. The molecule has 1 aromatic carbocycles. The zero-order valence-corrected chi connectivity index (χ0v) is 12.4. The largest absolute Gasteiger partial charge is 0.313 e. The first kappa shape index (κ1) is 13.2. The summed E-state index contributed by atoms with van der Waals surface area (Å²) in [6.07, 6.45) is 2.54. The molecule has 3 aromatic rings. The van der Waals surface area contributed by atoms with Gasteiger partial charge in [0.2, 0.25) is 0 Å². The Morgan fingerprint density at radius 2 is 2.00 bits per heavy atom. The van der Waals surface area contributed by atoms with Crippen molar-refractivity contribution in [3.8, 4) is 0 Å². The lowest BCUT2D eigenvalue weighted by Gasteiger charge is -2.16. The van der Waals surface area contributed by atoms with E-state index in [1.807, 2.05) is 13.1 Å². The van der Waals surface area contributed by atoms with Crippen LogP contribution in [0.4, 0.5) is 0 Å². The number of hydrogen-bond acceptors (Lipinski definition) is 4. The van der Waals surface area contributed by atoms with Crippen molar-refractivity contribution in [1.29, 1.82) is 0 Å². The van der Waals surface area contributed by atoms with Crippen molar-refractivity contribution in [2.75, 3.05) is 7.05 Å². The molecule has 0 amide bonds. The van der Waals surface area contributed by atoms with E-state index in [-0.39, 0.29) is 6.04 Å². The summed E-state index contributed by atoms with van der Waals surface area (Å²) in [5.74, 6) is 0. The highest BCUT2D eigenvalue weighted by atomic mass is 32.1. The molecule has 0 bridgehead atoms. The van der Waals surface area contributed by atoms with E-state index < -0.39 is 0 Å². The predicted octanol–water partition coefficient (Wildman–Crippen LogP) is 3.50. The van der Waals surface area contributed by atoms with Crippen molar-refractivity contribution in [3.05, 3.63) is 58.9 Å². The fourth-order valence-corrected chi connectivity index (χ4v) is 3.32. The maximum atomic E-state index is 4.49. The Hall–Kier alpha value is -1.78. The average Bonchev–Trinajstić information content (AvgIpc) is 2.86. The van der Waals surface area contributed by atoms with Crippen LogP contribution in [0.25, 0.3) is 10.2 Å². The van der Waals surface area contributed by atoms with Gasteiger partial charge in [-0.3, -0.25) is 0 Å². The van der Waals surface area contributed by atoms with Crippen LogP contribution in [0.2, 0.25) is 0 Å². The van der Waals surface area contributed by atoms with E-state index in [0.717, 1.165) is 16.9 Å². The molecule has 1 unspecified atom stereocenters. The van der Waals surface area contributed by atoms with E-state index in [9.17, 15) is 0 Å². The monoisotopic (exact) mass is 283 g/mol. The molecule has 3 rings (SSSR count). The molecule has 0 aliphatic rings. The topological polar surface area (TPSA) is 37.8 Å². The van der Waals surface area contributed by atoms with Gasteiger partial charge in [0.25, 0.3) is 0 Å². The minimum absolute atomic E-state index is 0.273. The number of hydrogen-bond donors (Lipinski definition) is 1. The van der Waals surface area contributed by atoms with Crippen molar-refractivity contribution in [2.45, 2.75) is 19.4 Å². The summed E-state index contributed by atoms with van der Waals surface area (Å²) in [5, 5.41) is 4.57. The number of rotatable bonds is 4. The molecular weight excluding hydrogens is 266 g/mol. The standard InChI is InChI=1S/C16H17N3S/c1-11-8-13-15(18-10-19-16(13)20-11)9-14(17-2)12-6-4-3-5-7-12/h3-8,10,14,17H,9H2,1-2H3. The Kier molecular flexibility index (Phi) is 3.76. The van der Waals surface area contributed by atoms with E-state index in [0.29, 0.717) is 0 Å². The van der Waals surface area contributed by atoms with Crippen LogP contribution in [-0.2, 0) is 6.42 Å². The maximum Gasteiger partial charge on any atom is 0.127 e. The molecule has 0 radical (unpaired) electrons. The average molecular weight is 283 g/mol. The lowest BCUT2D eigenvalue weighted by molar-refractivity contribution is 0.586. The minimum Gasteiger partial charge on any atom is -0.313 e. The Morgan fingerprint density at radius 1 is 1.20 bits per heavy atom. The Bertz CT molecular complexity index is 706. The summed E-state index contributed by atoms with van der Waals surface area (Å²) < 4.78 is 0. The van der Waals surface area contributed by atoms with Crippen molar-refractivity contribution in [3.63, 3.8) is 0 Å². The molecule has 0 aliphatic heterocycles. The Balaban J connectivity index is 1.95. The van der Waals surface area contributed by atoms with Gasteiger partial charge in [0.1, 0.15) is 11.2 Å². The summed E-state index contributed by atoms with van der Waals surface area (Å²) in [4.78, 5) is 11.2. The molecule has 102 valence electrons. The third kappa shape index (κ3) is 2.57. The molecule has 1 atom stereocenters. The molecule has 0 saturated heterocycles. The number of nitrogens with zero attached hydrogens (tertiary/aromatic N) is 2. The second kappa shape index (κ2) is 5.69. The van der Waals surface area contributed by atoms with Crippen LogP contribution in [0.3, 0.4) is 0 Å². The van der Waals surface area contributed by atoms with Gasteiger partial charge < -0.3 is 5.32 Å². The van der Waals surface area contributed by atoms with Crippen LogP contribution in [-0.4, -0.2) is 17.0 Å². The number of thiophene rings is 1. The summed E-state index contributed by atoms with van der Waals surface area (Å²) >= 11 is 1.73. The Morgan fingerprint density at radius 3 is 2.75 bits per heavy atom. The highest BCUT2D eigenvalue weighted by molar-refractivity contribution is 7.18. The molecule has 3 nitrogen and oxygen atoms in total. The van der Waals surface area contributed by atoms with E-state index in [1.54, 1.807) is 17.7 Å². The van der Waals surface area contributed by atoms with Gasteiger partial charge in [-0.1, -0.05) is 30.3 Å². The van der Waals surface area contributed by atoms with E-state index in [1.165, 1.54) is 15.8 Å². The van der Waals surface area contributed by atoms with Gasteiger partial charge in [0.15, 0.2) is 0 Å². The Labute approximate surface area is 122 Å². The number of likely N-dealkylation sites (N-methyl/N-ethyl adjacent to an activating group) is 1. The predicted molar refractivity (Wildman–Crippen MR) is 84.1 cm³/mol. The summed E-state index contributed by atoms with van der Waals surface area (Å²) in [6, 6.07) is 13.0. The fraction of sp³-hybridized carbons (Fsp3) is 0.250. The lowest BCUT2D eigenvalue weighted by atomic mass is 10.0. The van der Waals surface area contributed by atoms with Crippen molar-refractivity contribution >= 4 is 21.6 Å². The highest BCUT2D eigenvalue weighted by Crippen LogP contribution is 2.27. The van der Waals surface area contributed by atoms with Crippen LogP contribution >= 0.6 is 11.3 Å². The molecule has 2 heterocycles. The van der Waals surface area contributed by atoms with Crippen molar-refractivity contribution in [1.82, 2.24) is 15.3 Å². The van der Waals surface area contributed by atoms with Gasteiger partial charge in [-0.2, -0.15) is 0 Å². The highest BCUT2D eigenvalue weighted by Gasteiger charge is 2.14. The molecule has 0 aliphatic carbocycles. The van der Waals surface area contributed by atoms with Gasteiger partial charge in [0, 0.05) is 22.7 Å². The minimum atomic E-state index is 0.273.